The summed E-state index contributed by atoms with van der Waals surface area (Å²) in [7, 11) is 0. The number of piperazine rings is 2. The van der Waals surface area contributed by atoms with Crippen molar-refractivity contribution >= 4 is 40.1 Å². The van der Waals surface area contributed by atoms with E-state index in [1.807, 2.05) is 29.3 Å². The highest BCUT2D eigenvalue weighted by molar-refractivity contribution is 6.03. The maximum absolute atomic E-state index is 15.1. The van der Waals surface area contributed by atoms with Gasteiger partial charge < -0.3 is 30.2 Å². The Morgan fingerprint density at radius 2 is 1.51 bits per heavy atom. The number of amides is 4. The molecule has 68 heavy (non-hydrogen) atoms. The number of aromatic amines is 1. The van der Waals surface area contributed by atoms with Crippen LogP contribution in [0.25, 0.3) is 10.8 Å². The summed E-state index contributed by atoms with van der Waals surface area (Å²) >= 11 is 0. The fourth-order valence-corrected chi connectivity index (χ4v) is 10.7. The van der Waals surface area contributed by atoms with Crippen molar-refractivity contribution in [3.8, 4) is 0 Å². The zero-order valence-electron chi connectivity index (χ0n) is 38.2. The zero-order valence-corrected chi connectivity index (χ0v) is 38.2. The minimum absolute atomic E-state index is 0.0255. The highest BCUT2D eigenvalue weighted by Crippen LogP contribution is 2.65. The number of fused-ring (bicyclic) bond motifs is 1. The second-order valence-corrected chi connectivity index (χ2v) is 19.3. The zero-order chi connectivity index (χ0) is 46.8. The van der Waals surface area contributed by atoms with Gasteiger partial charge in [-0.3, -0.25) is 28.9 Å². The van der Waals surface area contributed by atoms with Crippen molar-refractivity contribution in [1.29, 1.82) is 0 Å². The lowest BCUT2D eigenvalue weighted by Gasteiger charge is -2.62. The maximum atomic E-state index is 15.1. The SMILES string of the molecule is O=C(CNCc1ccncn1)Nc1cc(C23CC(C2)C3)cnc1C(=O)N1CCC(CN2CCN(CC(=O)N3CCN(C(=O)c4cc(Cc5n[nH]c(=O)c6ccccc56)ccc4F)CC3)CC2)CC1. The van der Waals surface area contributed by atoms with Gasteiger partial charge in [-0.25, -0.2) is 24.4 Å². The van der Waals surface area contributed by atoms with E-state index in [1.54, 1.807) is 46.3 Å². The van der Waals surface area contributed by atoms with Crippen molar-refractivity contribution in [2.75, 3.05) is 90.4 Å². The minimum atomic E-state index is -0.608. The predicted molar refractivity (Wildman–Crippen MR) is 251 cm³/mol. The molecule has 17 nitrogen and oxygen atoms in total. The van der Waals surface area contributed by atoms with Crippen molar-refractivity contribution < 1.29 is 23.6 Å². The first kappa shape index (κ1) is 45.3. The van der Waals surface area contributed by atoms with Gasteiger partial charge in [0, 0.05) is 103 Å². The molecule has 5 aromatic rings. The van der Waals surface area contributed by atoms with Gasteiger partial charge in [0.1, 0.15) is 12.1 Å². The monoisotopic (exact) mass is 924 g/mol. The summed E-state index contributed by atoms with van der Waals surface area (Å²) in [6.45, 7) is 7.59. The second kappa shape index (κ2) is 19.6. The van der Waals surface area contributed by atoms with Crippen molar-refractivity contribution in [1.82, 2.24) is 55.0 Å². The number of nitrogens with one attached hydrogen (secondary N) is 3. The van der Waals surface area contributed by atoms with Gasteiger partial charge in [-0.1, -0.05) is 24.3 Å². The number of rotatable bonds is 14. The highest BCUT2D eigenvalue weighted by Gasteiger charge is 2.57. The number of nitrogens with zero attached hydrogens (tertiary/aromatic N) is 9. The molecular weight excluding hydrogens is 868 g/mol. The first-order valence-corrected chi connectivity index (χ1v) is 23.9. The molecule has 2 aromatic carbocycles. The van der Waals surface area contributed by atoms with Crippen LogP contribution in [0.3, 0.4) is 0 Å². The number of carbonyl (C=O) groups excluding carboxylic acids is 4. The maximum Gasteiger partial charge on any atom is 0.274 e. The summed E-state index contributed by atoms with van der Waals surface area (Å²) in [5.41, 5.74) is 3.78. The summed E-state index contributed by atoms with van der Waals surface area (Å²) in [4.78, 5) is 89.2. The number of hydrogen-bond donors (Lipinski definition) is 3. The van der Waals surface area contributed by atoms with E-state index < -0.39 is 11.7 Å². The molecule has 3 aliphatic heterocycles. The molecule has 6 heterocycles. The van der Waals surface area contributed by atoms with Gasteiger partial charge in [-0.2, -0.15) is 5.10 Å². The van der Waals surface area contributed by atoms with Gasteiger partial charge in [0.25, 0.3) is 17.4 Å². The van der Waals surface area contributed by atoms with Gasteiger partial charge in [0.2, 0.25) is 11.8 Å². The Morgan fingerprint density at radius 1 is 0.794 bits per heavy atom. The Morgan fingerprint density at radius 3 is 2.24 bits per heavy atom. The number of hydrogen-bond acceptors (Lipinski definition) is 12. The molecule has 3 saturated carbocycles. The molecule has 11 rings (SSSR count). The van der Waals surface area contributed by atoms with Crippen LogP contribution in [-0.4, -0.2) is 158 Å². The molecule has 6 aliphatic rings. The van der Waals surface area contributed by atoms with Crippen LogP contribution in [0.1, 0.15) is 75.5 Å². The largest absolute Gasteiger partial charge is 0.338 e. The van der Waals surface area contributed by atoms with Crippen LogP contribution in [0, 0.1) is 17.7 Å². The minimum Gasteiger partial charge on any atom is -0.338 e. The smallest absolute Gasteiger partial charge is 0.274 e. The quantitative estimate of drug-likeness (QED) is 0.148. The topological polar surface area (TPSA) is 193 Å². The summed E-state index contributed by atoms with van der Waals surface area (Å²) in [5.74, 6) is -0.178. The van der Waals surface area contributed by atoms with Gasteiger partial charge in [-0.05, 0) is 90.8 Å². The highest BCUT2D eigenvalue weighted by atomic mass is 19.1. The Kier molecular flexibility index (Phi) is 13.1. The lowest BCUT2D eigenvalue weighted by molar-refractivity contribution is -0.134. The number of benzene rings is 2. The lowest BCUT2D eigenvalue weighted by atomic mass is 9.42. The summed E-state index contributed by atoms with van der Waals surface area (Å²) in [5, 5.41) is 14.1. The number of H-pyrrole nitrogens is 1. The normalized spacial score (nSPS) is 21.0. The molecule has 4 amide bonds. The van der Waals surface area contributed by atoms with E-state index in [9.17, 15) is 24.0 Å². The van der Waals surface area contributed by atoms with Crippen LogP contribution in [0.4, 0.5) is 10.1 Å². The van der Waals surface area contributed by atoms with E-state index in [4.69, 9.17) is 4.98 Å². The average Bonchev–Trinajstić information content (AvgIpc) is 3.33. The van der Waals surface area contributed by atoms with E-state index in [1.165, 1.54) is 12.4 Å². The average molecular weight is 925 g/mol. The Hall–Kier alpha value is -6.50. The first-order valence-electron chi connectivity index (χ1n) is 23.9. The molecule has 2 bridgehead atoms. The van der Waals surface area contributed by atoms with Crippen LogP contribution in [0.15, 0.2) is 78.1 Å². The third-order valence-corrected chi connectivity index (χ3v) is 14.8. The van der Waals surface area contributed by atoms with E-state index in [2.05, 4.69) is 40.6 Å². The standard InChI is InChI=1S/C50H57FN12O5/c51-41-6-5-34(22-42-38-3-1-2-4-39(38)47(66)58-57-42)21-40(41)48(67)63-19-17-61(18-20-63)45(65)31-60-15-13-59(14-16-60)30-33-8-11-62(12-9-33)49(68)46-43(23-36(27-54-46)50-24-35(25-50)26-50)56-44(64)29-53-28-37-7-10-52-32-55-37/h1-7,10,21,23,27,32-33,35,53H,8-9,11-20,22,24-26,28-31H2,(H,56,64)(H,58,66). The molecule has 0 radical (unpaired) electrons. The van der Waals surface area contributed by atoms with Crippen molar-refractivity contribution in [2.24, 2.45) is 11.8 Å². The summed E-state index contributed by atoms with van der Waals surface area (Å²) in [6.07, 6.45) is 10.5. The fraction of sp³-hybridized carbons (Fsp3) is 0.460. The van der Waals surface area contributed by atoms with Crippen molar-refractivity contribution in [2.45, 2.75) is 50.5 Å². The van der Waals surface area contributed by atoms with Crippen molar-refractivity contribution in [3.05, 3.63) is 123 Å². The van der Waals surface area contributed by atoms with E-state index in [0.717, 1.165) is 82.0 Å². The van der Waals surface area contributed by atoms with Gasteiger partial charge in [0.15, 0.2) is 5.69 Å². The lowest BCUT2D eigenvalue weighted by Crippen LogP contribution is -2.55. The number of halogens is 1. The molecule has 0 atom stereocenters. The fourth-order valence-electron chi connectivity index (χ4n) is 10.7. The molecule has 0 unspecified atom stereocenters. The van der Waals surface area contributed by atoms with Crippen LogP contribution in [0.5, 0.6) is 0 Å². The van der Waals surface area contributed by atoms with E-state index >= 15 is 4.39 Å². The molecule has 0 spiro atoms. The third-order valence-electron chi connectivity index (χ3n) is 14.8. The Bertz CT molecular complexity index is 2730. The number of piperidine rings is 1. The van der Waals surface area contributed by atoms with Gasteiger partial charge in [-0.15, -0.1) is 0 Å². The summed E-state index contributed by atoms with van der Waals surface area (Å²) in [6, 6.07) is 15.4. The molecule has 3 aliphatic carbocycles. The van der Waals surface area contributed by atoms with Crippen LogP contribution in [-0.2, 0) is 28.0 Å². The van der Waals surface area contributed by atoms with Crippen LogP contribution < -0.4 is 16.2 Å². The summed E-state index contributed by atoms with van der Waals surface area (Å²) < 4.78 is 15.1. The molecule has 18 heteroatoms. The Balaban J connectivity index is 0.658. The molecule has 3 saturated heterocycles. The van der Waals surface area contributed by atoms with E-state index in [0.29, 0.717) is 92.4 Å². The second-order valence-electron chi connectivity index (χ2n) is 19.3. The van der Waals surface area contributed by atoms with E-state index in [-0.39, 0.29) is 46.5 Å². The number of aromatic nitrogens is 5. The molecule has 6 fully saturated rings. The predicted octanol–water partition coefficient (Wildman–Crippen LogP) is 3.07. The molecular formula is C50H57FN12O5. The number of carbonyl (C=O) groups is 4. The molecule has 3 N–H and O–H groups in total. The van der Waals surface area contributed by atoms with Crippen LogP contribution >= 0.6 is 0 Å². The molecule has 354 valence electrons. The Labute approximate surface area is 393 Å². The van der Waals surface area contributed by atoms with Gasteiger partial charge >= 0.3 is 0 Å². The van der Waals surface area contributed by atoms with Crippen molar-refractivity contribution in [3.63, 3.8) is 0 Å². The number of likely N-dealkylation sites (tertiary alicyclic amines) is 1. The first-order chi connectivity index (χ1) is 33.1. The van der Waals surface area contributed by atoms with Gasteiger partial charge in [0.05, 0.1) is 41.1 Å². The number of anilines is 1. The molecule has 3 aromatic heterocycles. The number of pyridine rings is 1. The third kappa shape index (κ3) is 9.75. The van der Waals surface area contributed by atoms with Crippen LogP contribution in [0.2, 0.25) is 0 Å².